The fourth-order valence-electron chi connectivity index (χ4n) is 1.83. The first-order valence-electron chi connectivity index (χ1n) is 6.41. The maximum atomic E-state index is 12.8. The van der Waals surface area contributed by atoms with Crippen molar-refractivity contribution >= 4 is 23.2 Å². The van der Waals surface area contributed by atoms with Gasteiger partial charge in [0.25, 0.3) is 5.91 Å². The van der Waals surface area contributed by atoms with Gasteiger partial charge >= 0.3 is 0 Å². The van der Waals surface area contributed by atoms with Gasteiger partial charge in [-0.25, -0.2) is 4.39 Å². The Bertz CT molecular complexity index is 681. The first-order valence-corrected chi connectivity index (χ1v) is 6.41. The maximum absolute atomic E-state index is 12.8. The average Bonchev–Trinajstić information content (AvgIpc) is 2.42. The second-order valence-corrected chi connectivity index (χ2v) is 4.67. The number of amides is 2. The fraction of sp³-hybridized carbons (Fsp3) is 0.125. The van der Waals surface area contributed by atoms with Crippen molar-refractivity contribution in [2.24, 2.45) is 0 Å². The molecule has 2 amide bonds. The highest BCUT2D eigenvalue weighted by molar-refractivity contribution is 6.05. The van der Waals surface area contributed by atoms with Crippen molar-refractivity contribution in [2.75, 3.05) is 10.6 Å². The molecular weight excluding hydrogens is 271 g/mol. The summed E-state index contributed by atoms with van der Waals surface area (Å²) in [6, 6.07) is 10.5. The van der Waals surface area contributed by atoms with Crippen molar-refractivity contribution in [3.05, 3.63) is 59.4 Å². The second-order valence-electron chi connectivity index (χ2n) is 4.67. The summed E-state index contributed by atoms with van der Waals surface area (Å²) < 4.78 is 12.8. The molecule has 0 radical (unpaired) electrons. The highest BCUT2D eigenvalue weighted by Gasteiger charge is 2.09. The molecule has 2 rings (SSSR count). The molecular formula is C16H15FN2O2. The van der Waals surface area contributed by atoms with Crippen LogP contribution in [-0.2, 0) is 4.79 Å². The van der Waals surface area contributed by atoms with Gasteiger partial charge in [-0.3, -0.25) is 9.59 Å². The molecule has 0 spiro atoms. The van der Waals surface area contributed by atoms with E-state index in [9.17, 15) is 14.0 Å². The largest absolute Gasteiger partial charge is 0.326 e. The molecule has 21 heavy (non-hydrogen) atoms. The van der Waals surface area contributed by atoms with E-state index in [1.807, 2.05) is 6.92 Å². The molecule has 0 atom stereocenters. The zero-order valence-electron chi connectivity index (χ0n) is 11.7. The van der Waals surface area contributed by atoms with Gasteiger partial charge in [0, 0.05) is 23.9 Å². The third-order valence-electron chi connectivity index (χ3n) is 2.91. The topological polar surface area (TPSA) is 58.2 Å². The lowest BCUT2D eigenvalue weighted by atomic mass is 10.1. The lowest BCUT2D eigenvalue weighted by Gasteiger charge is -2.11. The maximum Gasteiger partial charge on any atom is 0.255 e. The van der Waals surface area contributed by atoms with Gasteiger partial charge in [-0.2, -0.15) is 0 Å². The number of aryl methyl sites for hydroxylation is 1. The summed E-state index contributed by atoms with van der Waals surface area (Å²) in [5.74, 6) is -0.914. The van der Waals surface area contributed by atoms with Crippen molar-refractivity contribution < 1.29 is 14.0 Å². The lowest BCUT2D eigenvalue weighted by Crippen LogP contribution is -2.13. The summed E-state index contributed by atoms with van der Waals surface area (Å²) in [5, 5.41) is 5.40. The molecule has 0 aromatic heterocycles. The normalized spacial score (nSPS) is 10.0. The molecule has 0 aliphatic carbocycles. The smallest absolute Gasteiger partial charge is 0.255 e. The number of hydrogen-bond donors (Lipinski definition) is 2. The van der Waals surface area contributed by atoms with Gasteiger partial charge in [0.15, 0.2) is 0 Å². The Hall–Kier alpha value is -2.69. The lowest BCUT2D eigenvalue weighted by molar-refractivity contribution is -0.114. The van der Waals surface area contributed by atoms with Crippen molar-refractivity contribution in [1.82, 2.24) is 0 Å². The molecule has 0 bridgehead atoms. The molecule has 0 aliphatic heterocycles. The van der Waals surface area contributed by atoms with E-state index in [0.29, 0.717) is 16.9 Å². The van der Waals surface area contributed by atoms with Gasteiger partial charge in [-0.05, 0) is 48.9 Å². The molecule has 4 nitrogen and oxygen atoms in total. The van der Waals surface area contributed by atoms with E-state index >= 15 is 0 Å². The predicted molar refractivity (Wildman–Crippen MR) is 79.8 cm³/mol. The minimum atomic E-state index is -0.393. The molecule has 108 valence electrons. The fourth-order valence-corrected chi connectivity index (χ4v) is 1.83. The minimum Gasteiger partial charge on any atom is -0.326 e. The van der Waals surface area contributed by atoms with Crippen LogP contribution in [0, 0.1) is 12.7 Å². The second kappa shape index (κ2) is 6.17. The number of halogens is 1. The molecule has 2 aromatic carbocycles. The monoisotopic (exact) mass is 286 g/mol. The van der Waals surface area contributed by atoms with Crippen molar-refractivity contribution in [1.29, 1.82) is 0 Å². The quantitative estimate of drug-likeness (QED) is 0.909. The van der Waals surface area contributed by atoms with E-state index in [2.05, 4.69) is 10.6 Å². The Morgan fingerprint density at radius 2 is 1.67 bits per heavy atom. The van der Waals surface area contributed by atoms with Crippen LogP contribution in [0.5, 0.6) is 0 Å². The van der Waals surface area contributed by atoms with Crippen LogP contribution < -0.4 is 10.6 Å². The Morgan fingerprint density at radius 3 is 2.29 bits per heavy atom. The Balaban J connectivity index is 2.20. The number of hydrogen-bond acceptors (Lipinski definition) is 2. The summed E-state index contributed by atoms with van der Waals surface area (Å²) in [7, 11) is 0. The Kier molecular flexibility index (Phi) is 4.33. The summed E-state index contributed by atoms with van der Waals surface area (Å²) in [6.07, 6.45) is 0. The van der Waals surface area contributed by atoms with Crippen molar-refractivity contribution in [3.8, 4) is 0 Å². The van der Waals surface area contributed by atoms with Crippen LogP contribution >= 0.6 is 0 Å². The molecule has 5 heteroatoms. The third kappa shape index (κ3) is 3.89. The van der Waals surface area contributed by atoms with E-state index in [1.54, 1.807) is 18.2 Å². The summed E-state index contributed by atoms with van der Waals surface area (Å²) in [4.78, 5) is 23.1. The zero-order chi connectivity index (χ0) is 15.4. The van der Waals surface area contributed by atoms with Gasteiger partial charge in [0.05, 0.1) is 0 Å². The van der Waals surface area contributed by atoms with Gasteiger partial charge in [0.1, 0.15) is 5.82 Å². The average molecular weight is 286 g/mol. The number of anilines is 2. The van der Waals surface area contributed by atoms with E-state index < -0.39 is 5.82 Å². The van der Waals surface area contributed by atoms with E-state index in [0.717, 1.165) is 5.56 Å². The van der Waals surface area contributed by atoms with Crippen molar-refractivity contribution in [2.45, 2.75) is 13.8 Å². The molecule has 0 saturated carbocycles. The van der Waals surface area contributed by atoms with Gasteiger partial charge < -0.3 is 10.6 Å². The molecule has 0 unspecified atom stereocenters. The van der Waals surface area contributed by atoms with Gasteiger partial charge in [0.2, 0.25) is 5.91 Å². The van der Waals surface area contributed by atoms with Crippen LogP contribution in [0.3, 0.4) is 0 Å². The molecule has 0 saturated heterocycles. The number of benzene rings is 2. The first-order chi connectivity index (χ1) is 9.95. The zero-order valence-corrected chi connectivity index (χ0v) is 11.7. The Morgan fingerprint density at radius 1 is 1.00 bits per heavy atom. The van der Waals surface area contributed by atoms with Crippen LogP contribution in [0.2, 0.25) is 0 Å². The van der Waals surface area contributed by atoms with E-state index in [1.165, 1.54) is 31.2 Å². The standard InChI is InChI=1S/C16H15FN2O2/c1-10-3-8-14(18-11(2)20)9-15(10)19-16(21)12-4-6-13(17)7-5-12/h3-9H,1-2H3,(H,18,20)(H,19,21). The van der Waals surface area contributed by atoms with Crippen molar-refractivity contribution in [3.63, 3.8) is 0 Å². The molecule has 0 heterocycles. The molecule has 2 aromatic rings. The number of carbonyl (C=O) groups is 2. The first kappa shape index (κ1) is 14.7. The predicted octanol–water partition coefficient (Wildman–Crippen LogP) is 3.34. The van der Waals surface area contributed by atoms with E-state index in [-0.39, 0.29) is 11.8 Å². The number of rotatable bonds is 3. The van der Waals surface area contributed by atoms with Gasteiger partial charge in [-0.15, -0.1) is 0 Å². The third-order valence-corrected chi connectivity index (χ3v) is 2.91. The summed E-state index contributed by atoms with van der Waals surface area (Å²) in [5.41, 5.74) is 2.42. The van der Waals surface area contributed by atoms with Gasteiger partial charge in [-0.1, -0.05) is 6.07 Å². The van der Waals surface area contributed by atoms with Crippen LogP contribution in [-0.4, -0.2) is 11.8 Å². The van der Waals surface area contributed by atoms with Crippen LogP contribution in [0.1, 0.15) is 22.8 Å². The van der Waals surface area contributed by atoms with Crippen LogP contribution in [0.25, 0.3) is 0 Å². The highest BCUT2D eigenvalue weighted by Crippen LogP contribution is 2.21. The minimum absolute atomic E-state index is 0.185. The van der Waals surface area contributed by atoms with E-state index in [4.69, 9.17) is 0 Å². The highest BCUT2D eigenvalue weighted by atomic mass is 19.1. The summed E-state index contributed by atoms with van der Waals surface area (Å²) >= 11 is 0. The molecule has 2 N–H and O–H groups in total. The number of nitrogens with one attached hydrogen (secondary N) is 2. The Labute approximate surface area is 122 Å². The molecule has 0 fully saturated rings. The molecule has 0 aliphatic rings. The SMILES string of the molecule is CC(=O)Nc1ccc(C)c(NC(=O)c2ccc(F)cc2)c1. The van der Waals surface area contributed by atoms with Crippen LogP contribution in [0.4, 0.5) is 15.8 Å². The number of carbonyl (C=O) groups excluding carboxylic acids is 2. The summed E-state index contributed by atoms with van der Waals surface area (Å²) in [6.45, 7) is 3.26. The van der Waals surface area contributed by atoms with Crippen LogP contribution in [0.15, 0.2) is 42.5 Å².